The fourth-order valence-corrected chi connectivity index (χ4v) is 7.86. The molecule has 0 aliphatic rings. The number of ether oxygens (including phenoxy) is 1. The molecule has 256 valence electrons. The molecule has 4 aromatic heterocycles. The first-order valence-electron chi connectivity index (χ1n) is 15.9. The number of rotatable bonds is 13. The van der Waals surface area contributed by atoms with Crippen molar-refractivity contribution in [1.82, 2.24) is 28.7 Å². The van der Waals surface area contributed by atoms with E-state index in [4.69, 9.17) is 9.84 Å². The minimum absolute atomic E-state index is 0.166. The predicted molar refractivity (Wildman–Crippen MR) is 198 cm³/mol. The standard InChI is InChI=1S/C34H40N8O4S2Si/c1-23-15-16-41-30(23)34(43)42(26-12-8-7-9-13-26)32(38-41)24(2)37-31-29-28(47-27-14-10-11-25(19-27)39-48(3,44)45)20-40(33(29)36-21-35-31)22-46-17-18-49(4,5)6/h7-16,19-21,24,39H,17-18,22H2,1-6H3,(H,35,36,37). The summed E-state index contributed by atoms with van der Waals surface area (Å²) in [5.74, 6) is 1.07. The lowest BCUT2D eigenvalue weighted by molar-refractivity contribution is 0.0896. The Morgan fingerprint density at radius 3 is 2.55 bits per heavy atom. The number of nitrogens with zero attached hydrogens (tertiary/aromatic N) is 6. The molecule has 2 aromatic carbocycles. The topological polar surface area (TPSA) is 137 Å². The summed E-state index contributed by atoms with van der Waals surface area (Å²) in [7, 11) is -4.73. The summed E-state index contributed by atoms with van der Waals surface area (Å²) in [6, 6.07) is 19.2. The Bertz CT molecular complexity index is 2300. The largest absolute Gasteiger partial charge is 0.361 e. The van der Waals surface area contributed by atoms with Crippen molar-refractivity contribution in [2.45, 2.75) is 62.1 Å². The fourth-order valence-electron chi connectivity index (χ4n) is 5.49. The van der Waals surface area contributed by atoms with Crippen LogP contribution in [-0.4, -0.2) is 58.1 Å². The molecule has 0 amide bonds. The van der Waals surface area contributed by atoms with Crippen molar-refractivity contribution < 1.29 is 13.2 Å². The van der Waals surface area contributed by atoms with Crippen molar-refractivity contribution in [1.29, 1.82) is 0 Å². The highest BCUT2D eigenvalue weighted by Gasteiger charge is 2.23. The molecule has 0 saturated carbocycles. The Balaban J connectivity index is 1.42. The van der Waals surface area contributed by atoms with Crippen LogP contribution in [0.2, 0.25) is 25.7 Å². The Labute approximate surface area is 290 Å². The average Bonchev–Trinajstić information content (AvgIpc) is 3.59. The summed E-state index contributed by atoms with van der Waals surface area (Å²) >= 11 is 1.47. The number of aryl methyl sites for hydroxylation is 1. The lowest BCUT2D eigenvalue weighted by Crippen LogP contribution is -2.29. The van der Waals surface area contributed by atoms with Gasteiger partial charge in [-0.15, -0.1) is 0 Å². The van der Waals surface area contributed by atoms with E-state index in [9.17, 15) is 13.2 Å². The summed E-state index contributed by atoms with van der Waals surface area (Å²) in [6.07, 6.45) is 6.42. The van der Waals surface area contributed by atoms with Gasteiger partial charge in [0.25, 0.3) is 5.56 Å². The van der Waals surface area contributed by atoms with Crippen molar-refractivity contribution in [3.63, 3.8) is 0 Å². The molecule has 0 aliphatic heterocycles. The maximum Gasteiger partial charge on any atom is 0.282 e. The number of fused-ring (bicyclic) bond motifs is 2. The van der Waals surface area contributed by atoms with Gasteiger partial charge in [0.2, 0.25) is 10.0 Å². The molecule has 1 unspecified atom stereocenters. The number of benzene rings is 2. The van der Waals surface area contributed by atoms with Gasteiger partial charge < -0.3 is 14.6 Å². The molecule has 1 atom stereocenters. The van der Waals surface area contributed by atoms with E-state index in [-0.39, 0.29) is 5.56 Å². The van der Waals surface area contributed by atoms with Crippen molar-refractivity contribution >= 4 is 57.9 Å². The number of anilines is 2. The van der Waals surface area contributed by atoms with Gasteiger partial charge in [-0.3, -0.25) is 14.1 Å². The lowest BCUT2D eigenvalue weighted by atomic mass is 10.2. The first-order chi connectivity index (χ1) is 23.3. The molecule has 0 aliphatic carbocycles. The highest BCUT2D eigenvalue weighted by Crippen LogP contribution is 2.39. The third kappa shape index (κ3) is 7.90. The number of hydrogen-bond donors (Lipinski definition) is 2. The Kier molecular flexibility index (Phi) is 9.71. The monoisotopic (exact) mass is 716 g/mol. The first kappa shape index (κ1) is 34.4. The average molecular weight is 717 g/mol. The molecule has 0 spiro atoms. The van der Waals surface area contributed by atoms with Gasteiger partial charge in [0.05, 0.1) is 23.4 Å². The van der Waals surface area contributed by atoms with Crippen molar-refractivity contribution in [3.05, 3.63) is 101 Å². The molecule has 6 rings (SSSR count). The van der Waals surface area contributed by atoms with E-state index in [1.165, 1.54) is 18.1 Å². The summed E-state index contributed by atoms with van der Waals surface area (Å²) < 4.78 is 37.8. The van der Waals surface area contributed by atoms with Crippen LogP contribution in [0.15, 0.2) is 94.0 Å². The van der Waals surface area contributed by atoms with Crippen LogP contribution in [0.3, 0.4) is 0 Å². The van der Waals surface area contributed by atoms with Crippen LogP contribution in [0, 0.1) is 6.92 Å². The minimum Gasteiger partial charge on any atom is -0.361 e. The highest BCUT2D eigenvalue weighted by atomic mass is 32.2. The van der Waals surface area contributed by atoms with Gasteiger partial charge in [0.1, 0.15) is 30.0 Å². The van der Waals surface area contributed by atoms with Gasteiger partial charge in [-0.05, 0) is 61.9 Å². The van der Waals surface area contributed by atoms with E-state index in [1.54, 1.807) is 33.5 Å². The Morgan fingerprint density at radius 1 is 1.04 bits per heavy atom. The van der Waals surface area contributed by atoms with Gasteiger partial charge in [-0.2, -0.15) is 5.10 Å². The van der Waals surface area contributed by atoms with Gasteiger partial charge in [0, 0.05) is 42.6 Å². The molecule has 4 heterocycles. The number of aromatic nitrogens is 6. The van der Waals surface area contributed by atoms with Crippen LogP contribution in [-0.2, 0) is 21.5 Å². The second-order valence-electron chi connectivity index (χ2n) is 13.2. The zero-order valence-corrected chi connectivity index (χ0v) is 31.0. The third-order valence-electron chi connectivity index (χ3n) is 7.88. The SMILES string of the molecule is Cc1ccn2nc(C(C)Nc3ncnc4c3c(Sc3cccc(NS(C)(=O)=O)c3)cn4COCC[Si](C)(C)C)n(-c3ccccc3)c(=O)c12. The normalized spacial score (nSPS) is 12.9. The van der Waals surface area contributed by atoms with E-state index in [0.29, 0.717) is 47.5 Å². The quantitative estimate of drug-likeness (QED) is 0.101. The minimum atomic E-state index is -3.45. The molecular weight excluding hydrogens is 677 g/mol. The maximum atomic E-state index is 14.0. The molecule has 49 heavy (non-hydrogen) atoms. The number of hydrogen-bond acceptors (Lipinski definition) is 9. The third-order valence-corrected chi connectivity index (χ3v) is 11.2. The van der Waals surface area contributed by atoms with E-state index in [1.807, 2.05) is 67.1 Å². The van der Waals surface area contributed by atoms with E-state index in [0.717, 1.165) is 33.0 Å². The molecule has 0 fully saturated rings. The Morgan fingerprint density at radius 2 is 1.82 bits per heavy atom. The summed E-state index contributed by atoms with van der Waals surface area (Å²) in [6.45, 7) is 11.7. The zero-order valence-electron chi connectivity index (χ0n) is 28.3. The second-order valence-corrected chi connectivity index (χ2v) is 21.7. The van der Waals surface area contributed by atoms with Crippen molar-refractivity contribution in [2.75, 3.05) is 22.9 Å². The maximum absolute atomic E-state index is 14.0. The highest BCUT2D eigenvalue weighted by molar-refractivity contribution is 7.99. The first-order valence-corrected chi connectivity index (χ1v) is 22.3. The van der Waals surface area contributed by atoms with Crippen LogP contribution >= 0.6 is 11.8 Å². The van der Waals surface area contributed by atoms with Crippen molar-refractivity contribution in [3.8, 4) is 5.69 Å². The van der Waals surface area contributed by atoms with Crippen LogP contribution in [0.25, 0.3) is 22.2 Å². The molecule has 12 nitrogen and oxygen atoms in total. The van der Waals surface area contributed by atoms with Gasteiger partial charge in [-0.25, -0.2) is 22.9 Å². The van der Waals surface area contributed by atoms with Crippen LogP contribution in [0.4, 0.5) is 11.5 Å². The van der Waals surface area contributed by atoms with Crippen LogP contribution < -0.4 is 15.6 Å². The van der Waals surface area contributed by atoms with Gasteiger partial charge in [0.15, 0.2) is 5.82 Å². The van der Waals surface area contributed by atoms with E-state index >= 15 is 0 Å². The summed E-state index contributed by atoms with van der Waals surface area (Å²) in [5, 5.41) is 9.21. The fraction of sp³-hybridized carbons (Fsp3) is 0.294. The molecule has 0 radical (unpaired) electrons. The molecular formula is C34H40N8O4S2Si. The predicted octanol–water partition coefficient (Wildman–Crippen LogP) is 6.55. The smallest absolute Gasteiger partial charge is 0.282 e. The summed E-state index contributed by atoms with van der Waals surface area (Å²) in [4.78, 5) is 25.0. The molecule has 6 aromatic rings. The van der Waals surface area contributed by atoms with Gasteiger partial charge >= 0.3 is 0 Å². The Hall–Kier alpha value is -4.44. The number of sulfonamides is 1. The van der Waals surface area contributed by atoms with Crippen molar-refractivity contribution in [2.24, 2.45) is 0 Å². The molecule has 0 saturated heterocycles. The van der Waals surface area contributed by atoms with Crippen LogP contribution in [0.1, 0.15) is 24.4 Å². The number of nitrogens with one attached hydrogen (secondary N) is 2. The van der Waals surface area contributed by atoms with Gasteiger partial charge in [-0.1, -0.05) is 55.7 Å². The zero-order chi connectivity index (χ0) is 34.9. The summed E-state index contributed by atoms with van der Waals surface area (Å²) in [5.41, 5.74) is 3.05. The lowest BCUT2D eigenvalue weighted by Gasteiger charge is -2.20. The second kappa shape index (κ2) is 13.8. The number of para-hydroxylation sites is 1. The molecule has 15 heteroatoms. The van der Waals surface area contributed by atoms with E-state index < -0.39 is 24.1 Å². The van der Waals surface area contributed by atoms with Crippen LogP contribution in [0.5, 0.6) is 0 Å². The molecule has 2 N–H and O–H groups in total. The molecule has 0 bridgehead atoms. The van der Waals surface area contributed by atoms with E-state index in [2.05, 4.69) is 39.6 Å².